The molecule has 1 nitrogen and oxygen atoms in total. The highest BCUT2D eigenvalue weighted by Crippen LogP contribution is 2.22. The highest BCUT2D eigenvalue weighted by molar-refractivity contribution is 7.11. The van der Waals surface area contributed by atoms with Crippen molar-refractivity contribution in [3.8, 4) is 0 Å². The third-order valence-corrected chi connectivity index (χ3v) is 3.20. The third kappa shape index (κ3) is 2.59. The Morgan fingerprint density at radius 3 is 2.75 bits per heavy atom. The highest BCUT2D eigenvalue weighted by Gasteiger charge is 2.04. The minimum atomic E-state index is 0.588. The van der Waals surface area contributed by atoms with Crippen LogP contribution in [0.2, 0.25) is 0 Å². The van der Waals surface area contributed by atoms with E-state index >= 15 is 0 Å². The number of aryl methyl sites for hydroxylation is 1. The average Bonchev–Trinajstić information content (AvgIpc) is 2.48. The summed E-state index contributed by atoms with van der Waals surface area (Å²) in [5, 5.41) is 1.28. The molecule has 0 aliphatic heterocycles. The molecule has 1 aromatic rings. The van der Waals surface area contributed by atoms with Gasteiger partial charge in [0.25, 0.3) is 0 Å². The maximum atomic E-state index is 4.39. The van der Waals surface area contributed by atoms with Crippen LogP contribution in [0.4, 0.5) is 0 Å². The second kappa shape index (κ2) is 4.61. The van der Waals surface area contributed by atoms with Gasteiger partial charge in [0.2, 0.25) is 0 Å². The molecule has 0 spiro atoms. The Bertz CT molecular complexity index is 227. The van der Waals surface area contributed by atoms with Crippen LogP contribution in [-0.4, -0.2) is 4.98 Å². The first-order chi connectivity index (χ1) is 5.74. The fourth-order valence-corrected chi connectivity index (χ4v) is 2.02. The molecule has 0 bridgehead atoms. The topological polar surface area (TPSA) is 12.9 Å². The van der Waals surface area contributed by atoms with E-state index in [1.165, 1.54) is 29.1 Å². The van der Waals surface area contributed by atoms with Crippen molar-refractivity contribution in [1.82, 2.24) is 4.98 Å². The fraction of sp³-hybridized carbons (Fsp3) is 0.700. The number of hydrogen-bond acceptors (Lipinski definition) is 2. The van der Waals surface area contributed by atoms with Crippen molar-refractivity contribution in [2.75, 3.05) is 0 Å². The van der Waals surface area contributed by atoms with Gasteiger partial charge in [0, 0.05) is 17.0 Å². The standard InChI is InChI=1S/C10H17NS/c1-4-5-6-9-7-11-10(12-9)8(2)3/h7-8H,4-6H2,1-3H3. The number of rotatable bonds is 4. The fourth-order valence-electron chi connectivity index (χ4n) is 1.06. The molecule has 0 aliphatic rings. The quantitative estimate of drug-likeness (QED) is 0.695. The van der Waals surface area contributed by atoms with Crippen LogP contribution < -0.4 is 0 Å². The summed E-state index contributed by atoms with van der Waals surface area (Å²) in [5.74, 6) is 0.588. The van der Waals surface area contributed by atoms with Crippen molar-refractivity contribution in [2.45, 2.75) is 46.0 Å². The van der Waals surface area contributed by atoms with Gasteiger partial charge in [-0.3, -0.25) is 0 Å². The summed E-state index contributed by atoms with van der Waals surface area (Å²) in [5.41, 5.74) is 0. The van der Waals surface area contributed by atoms with Crippen LogP contribution in [0.1, 0.15) is 49.4 Å². The molecule has 1 rings (SSSR count). The van der Waals surface area contributed by atoms with Gasteiger partial charge in [-0.15, -0.1) is 11.3 Å². The molecule has 0 aromatic carbocycles. The first-order valence-corrected chi connectivity index (χ1v) is 5.50. The Balaban J connectivity index is 2.52. The van der Waals surface area contributed by atoms with Crippen molar-refractivity contribution in [1.29, 1.82) is 0 Å². The van der Waals surface area contributed by atoms with Gasteiger partial charge in [0.15, 0.2) is 0 Å². The summed E-state index contributed by atoms with van der Waals surface area (Å²) in [6, 6.07) is 0. The molecule has 12 heavy (non-hydrogen) atoms. The average molecular weight is 183 g/mol. The van der Waals surface area contributed by atoms with Crippen LogP contribution in [0.5, 0.6) is 0 Å². The molecule has 0 fully saturated rings. The minimum Gasteiger partial charge on any atom is -0.249 e. The molecular formula is C10H17NS. The van der Waals surface area contributed by atoms with Crippen LogP contribution in [0, 0.1) is 0 Å². The molecule has 0 saturated heterocycles. The van der Waals surface area contributed by atoms with Crippen LogP contribution in [0.3, 0.4) is 0 Å². The number of unbranched alkanes of at least 4 members (excludes halogenated alkanes) is 1. The molecule has 0 saturated carbocycles. The maximum Gasteiger partial charge on any atom is 0.0953 e. The minimum absolute atomic E-state index is 0.588. The van der Waals surface area contributed by atoms with Crippen molar-refractivity contribution in [3.63, 3.8) is 0 Å². The van der Waals surface area contributed by atoms with E-state index in [1.807, 2.05) is 17.5 Å². The van der Waals surface area contributed by atoms with E-state index in [2.05, 4.69) is 25.8 Å². The lowest BCUT2D eigenvalue weighted by Crippen LogP contribution is -1.81. The predicted octanol–water partition coefficient (Wildman–Crippen LogP) is 3.61. The Morgan fingerprint density at radius 1 is 1.50 bits per heavy atom. The van der Waals surface area contributed by atoms with Crippen molar-refractivity contribution in [3.05, 3.63) is 16.1 Å². The Kier molecular flexibility index (Phi) is 3.73. The predicted molar refractivity (Wildman–Crippen MR) is 54.8 cm³/mol. The number of hydrogen-bond donors (Lipinski definition) is 0. The number of thiazole rings is 1. The van der Waals surface area contributed by atoms with Crippen LogP contribution in [0.25, 0.3) is 0 Å². The van der Waals surface area contributed by atoms with Crippen molar-refractivity contribution < 1.29 is 0 Å². The van der Waals surface area contributed by atoms with Crippen LogP contribution in [0.15, 0.2) is 6.20 Å². The van der Waals surface area contributed by atoms with E-state index in [9.17, 15) is 0 Å². The lowest BCUT2D eigenvalue weighted by Gasteiger charge is -1.95. The summed E-state index contributed by atoms with van der Waals surface area (Å²) in [7, 11) is 0. The lowest BCUT2D eigenvalue weighted by atomic mass is 10.2. The molecule has 1 heterocycles. The summed E-state index contributed by atoms with van der Waals surface area (Å²) in [4.78, 5) is 5.83. The SMILES string of the molecule is CCCCc1cnc(C(C)C)s1. The summed E-state index contributed by atoms with van der Waals surface area (Å²) < 4.78 is 0. The first-order valence-electron chi connectivity index (χ1n) is 4.68. The van der Waals surface area contributed by atoms with E-state index < -0.39 is 0 Å². The molecule has 0 N–H and O–H groups in total. The Morgan fingerprint density at radius 2 is 2.25 bits per heavy atom. The summed E-state index contributed by atoms with van der Waals surface area (Å²) in [6.45, 7) is 6.62. The van der Waals surface area contributed by atoms with E-state index in [-0.39, 0.29) is 0 Å². The smallest absolute Gasteiger partial charge is 0.0953 e. The van der Waals surface area contributed by atoms with Gasteiger partial charge in [-0.25, -0.2) is 4.98 Å². The van der Waals surface area contributed by atoms with E-state index in [0.29, 0.717) is 5.92 Å². The Labute approximate surface area is 78.8 Å². The van der Waals surface area contributed by atoms with E-state index in [1.54, 1.807) is 0 Å². The molecule has 0 unspecified atom stereocenters. The second-order valence-electron chi connectivity index (χ2n) is 3.42. The Hall–Kier alpha value is -0.370. The largest absolute Gasteiger partial charge is 0.249 e. The van der Waals surface area contributed by atoms with Gasteiger partial charge in [-0.05, 0) is 12.8 Å². The highest BCUT2D eigenvalue weighted by atomic mass is 32.1. The van der Waals surface area contributed by atoms with Crippen molar-refractivity contribution in [2.24, 2.45) is 0 Å². The zero-order valence-electron chi connectivity index (χ0n) is 8.13. The number of aromatic nitrogens is 1. The molecule has 0 amide bonds. The third-order valence-electron chi connectivity index (χ3n) is 1.84. The van der Waals surface area contributed by atoms with Gasteiger partial charge in [0.05, 0.1) is 5.01 Å². The van der Waals surface area contributed by atoms with Gasteiger partial charge in [-0.1, -0.05) is 27.2 Å². The molecule has 0 atom stereocenters. The molecule has 68 valence electrons. The van der Waals surface area contributed by atoms with Gasteiger partial charge in [0.1, 0.15) is 0 Å². The van der Waals surface area contributed by atoms with Crippen LogP contribution in [-0.2, 0) is 6.42 Å². The zero-order chi connectivity index (χ0) is 8.97. The molecule has 1 aromatic heterocycles. The van der Waals surface area contributed by atoms with Gasteiger partial charge in [-0.2, -0.15) is 0 Å². The van der Waals surface area contributed by atoms with E-state index in [4.69, 9.17) is 0 Å². The lowest BCUT2D eigenvalue weighted by molar-refractivity contribution is 0.802. The molecule has 2 heteroatoms. The molecule has 0 aliphatic carbocycles. The van der Waals surface area contributed by atoms with Gasteiger partial charge >= 0.3 is 0 Å². The molecular weight excluding hydrogens is 166 g/mol. The van der Waals surface area contributed by atoms with Crippen molar-refractivity contribution >= 4 is 11.3 Å². The normalized spacial score (nSPS) is 11.0. The summed E-state index contributed by atoms with van der Waals surface area (Å²) >= 11 is 1.87. The monoisotopic (exact) mass is 183 g/mol. The number of nitrogens with zero attached hydrogens (tertiary/aromatic N) is 1. The zero-order valence-corrected chi connectivity index (χ0v) is 8.95. The van der Waals surface area contributed by atoms with Crippen LogP contribution >= 0.6 is 11.3 Å². The first kappa shape index (κ1) is 9.72. The summed E-state index contributed by atoms with van der Waals surface area (Å²) in [6.07, 6.45) is 5.81. The molecule has 0 radical (unpaired) electrons. The van der Waals surface area contributed by atoms with E-state index in [0.717, 1.165) is 0 Å². The second-order valence-corrected chi connectivity index (χ2v) is 4.57. The van der Waals surface area contributed by atoms with Gasteiger partial charge < -0.3 is 0 Å². The maximum absolute atomic E-state index is 4.39.